The normalized spacial score (nSPS) is 12.9. The van der Waals surface area contributed by atoms with Gasteiger partial charge >= 0.3 is 5.69 Å². The number of benzene rings is 2. The summed E-state index contributed by atoms with van der Waals surface area (Å²) in [5.41, 5.74) is 14.3. The number of fused-ring (bicyclic) bond motifs is 1. The van der Waals surface area contributed by atoms with Gasteiger partial charge in [-0.05, 0) is 80.6 Å². The molecule has 0 aliphatic carbocycles. The van der Waals surface area contributed by atoms with Crippen LogP contribution in [0.4, 0.5) is 4.39 Å². The number of nitrogens with one attached hydrogen (secondary N) is 4. The van der Waals surface area contributed by atoms with Crippen molar-refractivity contribution >= 4 is 28.6 Å². The molecule has 0 saturated heterocycles. The highest BCUT2D eigenvalue weighted by atomic mass is 35.5. The number of halogens is 2. The van der Waals surface area contributed by atoms with Gasteiger partial charge in [0.25, 0.3) is 0 Å². The maximum Gasteiger partial charge on any atom is 0.354 e. The topological polar surface area (TPSA) is 171 Å². The Morgan fingerprint density at radius 2 is 1.98 bits per heavy atom. The lowest BCUT2D eigenvalue weighted by atomic mass is 10.0. The van der Waals surface area contributed by atoms with E-state index in [0.717, 1.165) is 30.5 Å². The largest absolute Gasteiger partial charge is 0.395 e. The highest BCUT2D eigenvalue weighted by Crippen LogP contribution is 2.31. The molecule has 218 valence electrons. The highest BCUT2D eigenvalue weighted by molar-refractivity contribution is 6.31. The van der Waals surface area contributed by atoms with E-state index < -0.39 is 11.5 Å². The molecule has 2 aromatic carbocycles. The Morgan fingerprint density at radius 1 is 1.22 bits per heavy atom. The molecule has 0 aliphatic heterocycles. The van der Waals surface area contributed by atoms with Gasteiger partial charge in [-0.15, -0.1) is 0 Å². The zero-order valence-corrected chi connectivity index (χ0v) is 23.6. The van der Waals surface area contributed by atoms with Crippen LogP contribution in [-0.2, 0) is 6.42 Å². The minimum Gasteiger partial charge on any atom is -0.395 e. The van der Waals surface area contributed by atoms with Crippen LogP contribution in [0.25, 0.3) is 28.0 Å². The SMILES string of the molecule is C[C@H](NCCCNC(=N)N)c1ccc(-n2cc3cc(-c4cc(CCC[C@@H](N)CO)cc(Cl)c4F)[nH]c3nc2=O)cc1. The number of guanidine groups is 1. The average Bonchev–Trinajstić information content (AvgIpc) is 3.36. The lowest BCUT2D eigenvalue weighted by Crippen LogP contribution is -2.32. The lowest BCUT2D eigenvalue weighted by Gasteiger charge is -2.15. The van der Waals surface area contributed by atoms with Crippen LogP contribution in [0, 0.1) is 11.2 Å². The number of hydrogen-bond acceptors (Lipinski definition) is 6. The Bertz CT molecular complexity index is 1550. The van der Waals surface area contributed by atoms with Gasteiger partial charge in [-0.25, -0.2) is 9.18 Å². The number of H-pyrrole nitrogens is 1. The van der Waals surface area contributed by atoms with E-state index in [-0.39, 0.29) is 29.7 Å². The van der Waals surface area contributed by atoms with Gasteiger partial charge in [-0.3, -0.25) is 9.98 Å². The van der Waals surface area contributed by atoms with Crippen LogP contribution in [0.5, 0.6) is 0 Å². The van der Waals surface area contributed by atoms with E-state index in [0.29, 0.717) is 47.4 Å². The molecule has 0 aliphatic rings. The van der Waals surface area contributed by atoms with Crippen molar-refractivity contribution in [3.63, 3.8) is 0 Å². The van der Waals surface area contributed by atoms with Gasteiger partial charge in [0.1, 0.15) is 5.65 Å². The number of rotatable bonds is 13. The third-order valence-electron chi connectivity index (χ3n) is 6.95. The minimum atomic E-state index is -0.558. The molecular formula is C29H36ClFN8O2. The third kappa shape index (κ3) is 7.70. The van der Waals surface area contributed by atoms with E-state index in [9.17, 15) is 4.79 Å². The second kappa shape index (κ2) is 13.7. The molecular weight excluding hydrogens is 547 g/mol. The number of aliphatic hydroxyl groups excluding tert-OH is 1. The molecule has 4 rings (SSSR count). The summed E-state index contributed by atoms with van der Waals surface area (Å²) in [7, 11) is 0. The van der Waals surface area contributed by atoms with Crippen LogP contribution in [0.15, 0.2) is 53.5 Å². The standard InChI is InChI=1S/C29H36ClFN8O2/c1-17(35-10-3-11-36-28(33)34)19-6-8-22(9-7-19)39-15-20-14-25(37-27(20)38-29(39)41)23-12-18(13-24(30)26(23)31)4-2-5-21(32)16-40/h6-9,12-15,17,21,35,40H,2-5,10-11,16,32H2,1H3,(H4,33,34,36)(H,37,38,41)/t17-,21+/m0/s1. The van der Waals surface area contributed by atoms with Gasteiger partial charge in [0.15, 0.2) is 11.8 Å². The predicted octanol–water partition coefficient (Wildman–Crippen LogP) is 3.34. The van der Waals surface area contributed by atoms with E-state index in [4.69, 9.17) is 33.6 Å². The van der Waals surface area contributed by atoms with Crippen LogP contribution in [-0.4, -0.2) is 51.3 Å². The Kier molecular flexibility index (Phi) is 10.1. The number of aryl methyl sites for hydroxylation is 1. The molecule has 4 aromatic rings. The lowest BCUT2D eigenvalue weighted by molar-refractivity contribution is 0.258. The second-order valence-electron chi connectivity index (χ2n) is 10.1. The van der Waals surface area contributed by atoms with Gasteiger partial charge < -0.3 is 32.2 Å². The first-order valence-electron chi connectivity index (χ1n) is 13.5. The summed E-state index contributed by atoms with van der Waals surface area (Å²) in [5, 5.41) is 23.2. The van der Waals surface area contributed by atoms with Crippen molar-refractivity contribution in [1.82, 2.24) is 25.2 Å². The van der Waals surface area contributed by atoms with Gasteiger partial charge in [-0.1, -0.05) is 23.7 Å². The maximum absolute atomic E-state index is 15.1. The molecule has 0 spiro atoms. The molecule has 0 bridgehead atoms. The van der Waals surface area contributed by atoms with Crippen LogP contribution in [0.2, 0.25) is 5.02 Å². The number of aromatic amines is 1. The zero-order chi connectivity index (χ0) is 29.5. The molecule has 2 aromatic heterocycles. The van der Waals surface area contributed by atoms with E-state index in [1.807, 2.05) is 24.3 Å². The van der Waals surface area contributed by atoms with Crippen molar-refractivity contribution in [2.45, 2.75) is 44.7 Å². The zero-order valence-electron chi connectivity index (χ0n) is 22.9. The van der Waals surface area contributed by atoms with E-state index in [1.165, 1.54) is 4.57 Å². The fourth-order valence-corrected chi connectivity index (χ4v) is 4.88. The molecule has 0 unspecified atom stereocenters. The molecule has 9 N–H and O–H groups in total. The summed E-state index contributed by atoms with van der Waals surface area (Å²) in [6.07, 6.45) is 4.50. The van der Waals surface area contributed by atoms with Crippen molar-refractivity contribution in [2.24, 2.45) is 11.5 Å². The summed E-state index contributed by atoms with van der Waals surface area (Å²) in [5.74, 6) is -0.594. The molecule has 2 heterocycles. The summed E-state index contributed by atoms with van der Waals surface area (Å²) < 4.78 is 16.5. The molecule has 0 radical (unpaired) electrons. The quantitative estimate of drug-likeness (QED) is 0.0719. The monoisotopic (exact) mass is 582 g/mol. The van der Waals surface area contributed by atoms with Crippen molar-refractivity contribution in [2.75, 3.05) is 19.7 Å². The second-order valence-corrected chi connectivity index (χ2v) is 10.5. The maximum atomic E-state index is 15.1. The summed E-state index contributed by atoms with van der Waals surface area (Å²) in [6, 6.07) is 12.5. The van der Waals surface area contributed by atoms with Crippen LogP contribution < -0.4 is 27.8 Å². The molecule has 2 atom stereocenters. The van der Waals surface area contributed by atoms with Gasteiger partial charge in [0.2, 0.25) is 0 Å². The first-order valence-corrected chi connectivity index (χ1v) is 13.9. The Balaban J connectivity index is 1.51. The average molecular weight is 583 g/mol. The van der Waals surface area contributed by atoms with Gasteiger partial charge in [0.05, 0.1) is 23.0 Å². The number of nitrogens with zero attached hydrogens (tertiary/aromatic N) is 2. The molecule has 10 nitrogen and oxygen atoms in total. The smallest absolute Gasteiger partial charge is 0.354 e. The number of hydrogen-bond donors (Lipinski definition) is 7. The Hall–Kier alpha value is -3.77. The predicted molar refractivity (Wildman–Crippen MR) is 161 cm³/mol. The number of nitrogens with two attached hydrogens (primary N) is 2. The molecule has 12 heteroatoms. The molecule has 0 saturated carbocycles. The summed E-state index contributed by atoms with van der Waals surface area (Å²) in [6.45, 7) is 3.35. The van der Waals surface area contributed by atoms with Crippen LogP contribution in [0.3, 0.4) is 0 Å². The Morgan fingerprint density at radius 3 is 2.68 bits per heavy atom. The van der Waals surface area contributed by atoms with Crippen LogP contribution >= 0.6 is 11.6 Å². The molecule has 0 amide bonds. The number of aliphatic hydroxyl groups is 1. The van der Waals surface area contributed by atoms with Gasteiger partial charge in [0, 0.05) is 35.8 Å². The van der Waals surface area contributed by atoms with E-state index >= 15 is 4.39 Å². The summed E-state index contributed by atoms with van der Waals surface area (Å²) >= 11 is 6.21. The fraction of sp³-hybridized carbons (Fsp3) is 0.345. The van der Waals surface area contributed by atoms with E-state index in [1.54, 1.807) is 24.4 Å². The van der Waals surface area contributed by atoms with Crippen molar-refractivity contribution in [1.29, 1.82) is 5.41 Å². The minimum absolute atomic E-state index is 0.00619. The number of aromatic nitrogens is 3. The van der Waals surface area contributed by atoms with Crippen molar-refractivity contribution in [3.8, 4) is 16.9 Å². The summed E-state index contributed by atoms with van der Waals surface area (Å²) in [4.78, 5) is 20.1. The van der Waals surface area contributed by atoms with E-state index in [2.05, 4.69) is 27.5 Å². The first kappa shape index (κ1) is 30.2. The third-order valence-corrected chi connectivity index (χ3v) is 7.23. The first-order chi connectivity index (χ1) is 19.7. The highest BCUT2D eigenvalue weighted by Gasteiger charge is 2.16. The van der Waals surface area contributed by atoms with Gasteiger partial charge in [-0.2, -0.15) is 4.98 Å². The van der Waals surface area contributed by atoms with Crippen LogP contribution in [0.1, 0.15) is 43.4 Å². The van der Waals surface area contributed by atoms with Crippen molar-refractivity contribution < 1.29 is 9.50 Å². The molecule has 0 fully saturated rings. The fourth-order valence-electron chi connectivity index (χ4n) is 4.64. The molecule has 41 heavy (non-hydrogen) atoms. The van der Waals surface area contributed by atoms with Crippen molar-refractivity contribution in [3.05, 3.63) is 81.1 Å². The Labute approximate surface area is 242 Å².